The average Bonchev–Trinajstić information content (AvgIpc) is 2.93. The maximum absolute atomic E-state index is 13.9. The molecule has 0 aliphatic rings. The molecule has 1 aromatic carbocycles. The lowest BCUT2D eigenvalue weighted by Gasteiger charge is -2.17. The first-order chi connectivity index (χ1) is 10.0. The van der Waals surface area contributed by atoms with Gasteiger partial charge in [0, 0.05) is 5.38 Å². The fourth-order valence-electron chi connectivity index (χ4n) is 2.12. The van der Waals surface area contributed by atoms with Gasteiger partial charge >= 0.3 is 0 Å². The smallest absolute Gasteiger partial charge is 0.126 e. The van der Waals surface area contributed by atoms with Crippen LogP contribution in [0.15, 0.2) is 23.6 Å². The van der Waals surface area contributed by atoms with Gasteiger partial charge in [-0.15, -0.1) is 11.3 Å². The van der Waals surface area contributed by atoms with E-state index < -0.39 is 0 Å². The molecule has 1 aromatic heterocycles. The Morgan fingerprint density at radius 3 is 2.67 bits per heavy atom. The number of nitrogens with one attached hydrogen (secondary N) is 1. The second-order valence-corrected chi connectivity index (χ2v) is 6.55. The van der Waals surface area contributed by atoms with E-state index >= 15 is 0 Å². The normalized spacial score (nSPS) is 12.9. The summed E-state index contributed by atoms with van der Waals surface area (Å²) >= 11 is 1.65. The molecular formula is C17H23FN2S. The summed E-state index contributed by atoms with van der Waals surface area (Å²) in [4.78, 5) is 4.73. The number of nitrogens with zero attached hydrogens (tertiary/aromatic N) is 1. The Hall–Kier alpha value is -1.26. The van der Waals surface area contributed by atoms with Crippen LogP contribution in [0, 0.1) is 12.7 Å². The van der Waals surface area contributed by atoms with Crippen LogP contribution < -0.4 is 5.32 Å². The standard InChI is InChI=1S/C17H23FN2S/c1-5-8-19-16(13-7-6-12(4)14(18)9-13)17-20-15(10-21-17)11(2)3/h6-7,9-11,16,19H,5,8H2,1-4H3. The summed E-state index contributed by atoms with van der Waals surface area (Å²) < 4.78 is 13.9. The zero-order valence-electron chi connectivity index (χ0n) is 13.1. The summed E-state index contributed by atoms with van der Waals surface area (Å²) in [6.45, 7) is 9.07. The van der Waals surface area contributed by atoms with Gasteiger partial charge in [0.2, 0.25) is 0 Å². The Morgan fingerprint density at radius 2 is 2.10 bits per heavy atom. The van der Waals surface area contributed by atoms with Gasteiger partial charge in [-0.05, 0) is 43.0 Å². The fourth-order valence-corrected chi connectivity index (χ4v) is 3.20. The molecule has 2 nitrogen and oxygen atoms in total. The van der Waals surface area contributed by atoms with E-state index in [9.17, 15) is 4.39 Å². The molecule has 0 bridgehead atoms. The minimum atomic E-state index is -0.156. The number of aromatic nitrogens is 1. The summed E-state index contributed by atoms with van der Waals surface area (Å²) in [5.74, 6) is 0.257. The number of rotatable bonds is 6. The topological polar surface area (TPSA) is 24.9 Å². The van der Waals surface area contributed by atoms with Crippen LogP contribution in [0.4, 0.5) is 4.39 Å². The number of hydrogen-bond donors (Lipinski definition) is 1. The molecule has 0 radical (unpaired) electrons. The Bertz CT molecular complexity index is 592. The lowest BCUT2D eigenvalue weighted by Crippen LogP contribution is -2.23. The van der Waals surface area contributed by atoms with Crippen molar-refractivity contribution in [1.29, 1.82) is 0 Å². The van der Waals surface area contributed by atoms with Gasteiger partial charge in [0.15, 0.2) is 0 Å². The molecule has 2 aromatic rings. The lowest BCUT2D eigenvalue weighted by molar-refractivity contribution is 0.579. The number of aryl methyl sites for hydroxylation is 1. The third-order valence-corrected chi connectivity index (χ3v) is 4.43. The van der Waals surface area contributed by atoms with Crippen molar-refractivity contribution in [3.63, 3.8) is 0 Å². The fraction of sp³-hybridized carbons (Fsp3) is 0.471. The molecule has 1 heterocycles. The summed E-state index contributed by atoms with van der Waals surface area (Å²) in [5, 5.41) is 6.59. The van der Waals surface area contributed by atoms with Gasteiger partial charge < -0.3 is 5.32 Å². The molecule has 0 saturated heterocycles. The molecule has 4 heteroatoms. The first-order valence-electron chi connectivity index (χ1n) is 7.47. The SMILES string of the molecule is CCCNC(c1ccc(C)c(F)c1)c1nc(C(C)C)cs1. The van der Waals surface area contributed by atoms with E-state index in [4.69, 9.17) is 4.98 Å². The summed E-state index contributed by atoms with van der Waals surface area (Å²) in [7, 11) is 0. The highest BCUT2D eigenvalue weighted by atomic mass is 32.1. The molecule has 0 spiro atoms. The van der Waals surface area contributed by atoms with Crippen molar-refractivity contribution in [2.24, 2.45) is 0 Å². The maximum atomic E-state index is 13.9. The monoisotopic (exact) mass is 306 g/mol. The molecule has 1 unspecified atom stereocenters. The van der Waals surface area contributed by atoms with Gasteiger partial charge in [0.25, 0.3) is 0 Å². The maximum Gasteiger partial charge on any atom is 0.126 e. The van der Waals surface area contributed by atoms with E-state index in [-0.39, 0.29) is 11.9 Å². The highest BCUT2D eigenvalue weighted by Crippen LogP contribution is 2.28. The van der Waals surface area contributed by atoms with Crippen molar-refractivity contribution >= 4 is 11.3 Å². The molecule has 1 atom stereocenters. The van der Waals surface area contributed by atoms with Crippen molar-refractivity contribution in [3.8, 4) is 0 Å². The van der Waals surface area contributed by atoms with E-state index in [0.29, 0.717) is 11.5 Å². The largest absolute Gasteiger partial charge is 0.304 e. The Morgan fingerprint density at radius 1 is 1.33 bits per heavy atom. The minimum absolute atomic E-state index is 0.0300. The van der Waals surface area contributed by atoms with E-state index in [1.165, 1.54) is 0 Å². The number of halogens is 1. The first kappa shape index (κ1) is 16.1. The van der Waals surface area contributed by atoms with E-state index in [1.807, 2.05) is 12.1 Å². The molecule has 0 fully saturated rings. The summed E-state index contributed by atoms with van der Waals surface area (Å²) in [6, 6.07) is 5.42. The second-order valence-electron chi connectivity index (χ2n) is 5.66. The van der Waals surface area contributed by atoms with Crippen molar-refractivity contribution in [2.45, 2.75) is 46.1 Å². The number of benzene rings is 1. The van der Waals surface area contributed by atoms with Crippen LogP contribution in [0.2, 0.25) is 0 Å². The average molecular weight is 306 g/mol. The van der Waals surface area contributed by atoms with Gasteiger partial charge in [-0.1, -0.05) is 32.9 Å². The molecule has 0 amide bonds. The molecule has 114 valence electrons. The number of hydrogen-bond acceptors (Lipinski definition) is 3. The Kier molecular flexibility index (Phi) is 5.48. The molecule has 0 aliphatic heterocycles. The first-order valence-corrected chi connectivity index (χ1v) is 8.35. The van der Waals surface area contributed by atoms with Crippen LogP contribution in [-0.2, 0) is 0 Å². The molecule has 0 aliphatic carbocycles. The van der Waals surface area contributed by atoms with Crippen LogP contribution in [0.25, 0.3) is 0 Å². The van der Waals surface area contributed by atoms with Crippen LogP contribution in [0.1, 0.15) is 61.0 Å². The van der Waals surface area contributed by atoms with Crippen LogP contribution >= 0.6 is 11.3 Å². The highest BCUT2D eigenvalue weighted by Gasteiger charge is 2.19. The van der Waals surface area contributed by atoms with Crippen molar-refractivity contribution < 1.29 is 4.39 Å². The molecule has 0 saturated carbocycles. The summed E-state index contributed by atoms with van der Waals surface area (Å²) in [6.07, 6.45) is 1.03. The van der Waals surface area contributed by atoms with E-state index in [0.717, 1.165) is 29.2 Å². The molecule has 21 heavy (non-hydrogen) atoms. The molecule has 1 N–H and O–H groups in total. The van der Waals surface area contributed by atoms with Gasteiger partial charge in [0.1, 0.15) is 10.8 Å². The Balaban J connectivity index is 2.34. The predicted octanol–water partition coefficient (Wildman–Crippen LogP) is 4.80. The van der Waals surface area contributed by atoms with Gasteiger partial charge in [-0.2, -0.15) is 0 Å². The highest BCUT2D eigenvalue weighted by molar-refractivity contribution is 7.09. The van der Waals surface area contributed by atoms with Crippen LogP contribution in [0.5, 0.6) is 0 Å². The minimum Gasteiger partial charge on any atom is -0.304 e. The van der Waals surface area contributed by atoms with Gasteiger partial charge in [-0.25, -0.2) is 9.37 Å². The quantitative estimate of drug-likeness (QED) is 0.829. The van der Waals surface area contributed by atoms with Crippen molar-refractivity contribution in [3.05, 3.63) is 51.2 Å². The second kappa shape index (κ2) is 7.14. The van der Waals surface area contributed by atoms with Gasteiger partial charge in [0.05, 0.1) is 11.7 Å². The molecular weight excluding hydrogens is 283 g/mol. The lowest BCUT2D eigenvalue weighted by atomic mass is 10.0. The Labute approximate surface area is 130 Å². The third-order valence-electron chi connectivity index (χ3n) is 3.51. The van der Waals surface area contributed by atoms with Crippen molar-refractivity contribution in [2.75, 3.05) is 6.54 Å². The van der Waals surface area contributed by atoms with Crippen LogP contribution in [-0.4, -0.2) is 11.5 Å². The zero-order chi connectivity index (χ0) is 15.4. The third kappa shape index (κ3) is 3.89. The number of thiazole rings is 1. The van der Waals surface area contributed by atoms with E-state index in [2.05, 4.69) is 31.5 Å². The zero-order valence-corrected chi connectivity index (χ0v) is 13.9. The van der Waals surface area contributed by atoms with Crippen molar-refractivity contribution in [1.82, 2.24) is 10.3 Å². The van der Waals surface area contributed by atoms with Crippen LogP contribution in [0.3, 0.4) is 0 Å². The molecule has 2 rings (SSSR count). The predicted molar refractivity (Wildman–Crippen MR) is 87.5 cm³/mol. The van der Waals surface area contributed by atoms with E-state index in [1.54, 1.807) is 24.3 Å². The summed E-state index contributed by atoms with van der Waals surface area (Å²) in [5.41, 5.74) is 2.72. The van der Waals surface area contributed by atoms with Gasteiger partial charge in [-0.3, -0.25) is 0 Å².